The van der Waals surface area contributed by atoms with Crippen LogP contribution in [0, 0.1) is 0 Å². The average molecular weight is 345 g/mol. The maximum Gasteiger partial charge on any atom is 0.223 e. The lowest BCUT2D eigenvalue weighted by atomic mass is 9.92. The summed E-state index contributed by atoms with van der Waals surface area (Å²) in [5.74, 6) is 1.70. The standard InChI is InChI=1S/C18H27N5O2/c1-3-4-7-12-23-17(19-20-21-23)18(2)11-6-5-10-16(24)22(18)14-15-9-8-13-25-15/h8-9,13H,3-7,10-12,14H2,1-2H3. The summed E-state index contributed by atoms with van der Waals surface area (Å²) in [4.78, 5) is 14.7. The molecule has 0 radical (unpaired) electrons. The number of likely N-dealkylation sites (tertiary alicyclic amines) is 1. The molecular formula is C18H27N5O2. The third kappa shape index (κ3) is 3.75. The summed E-state index contributed by atoms with van der Waals surface area (Å²) in [6.07, 6.45) is 8.28. The van der Waals surface area contributed by atoms with Gasteiger partial charge in [0.05, 0.1) is 12.8 Å². The molecule has 1 unspecified atom stereocenters. The maximum absolute atomic E-state index is 12.8. The second-order valence-electron chi connectivity index (χ2n) is 6.97. The van der Waals surface area contributed by atoms with E-state index in [1.54, 1.807) is 6.26 Å². The van der Waals surface area contributed by atoms with Crippen LogP contribution in [0.3, 0.4) is 0 Å². The summed E-state index contributed by atoms with van der Waals surface area (Å²) in [6.45, 7) is 5.50. The van der Waals surface area contributed by atoms with E-state index in [2.05, 4.69) is 29.4 Å². The van der Waals surface area contributed by atoms with Gasteiger partial charge in [0.25, 0.3) is 0 Å². The summed E-state index contributed by atoms with van der Waals surface area (Å²) in [5.41, 5.74) is -0.518. The number of tetrazole rings is 1. The van der Waals surface area contributed by atoms with Crippen molar-refractivity contribution < 1.29 is 9.21 Å². The molecule has 25 heavy (non-hydrogen) atoms. The van der Waals surface area contributed by atoms with Crippen molar-refractivity contribution in [3.8, 4) is 0 Å². The Hall–Kier alpha value is -2.18. The van der Waals surface area contributed by atoms with Gasteiger partial charge in [-0.25, -0.2) is 4.68 Å². The highest BCUT2D eigenvalue weighted by Gasteiger charge is 2.42. The van der Waals surface area contributed by atoms with Crippen LogP contribution in [-0.2, 0) is 23.4 Å². The highest BCUT2D eigenvalue weighted by Crippen LogP contribution is 2.37. The molecule has 1 aliphatic rings. The number of carbonyl (C=O) groups excluding carboxylic acids is 1. The molecule has 2 aromatic heterocycles. The molecule has 3 rings (SSSR count). The minimum Gasteiger partial charge on any atom is -0.467 e. The van der Waals surface area contributed by atoms with E-state index in [9.17, 15) is 4.79 Å². The predicted molar refractivity (Wildman–Crippen MR) is 92.4 cm³/mol. The molecule has 136 valence electrons. The Labute approximate surface area is 148 Å². The van der Waals surface area contributed by atoms with Gasteiger partial charge in [-0.15, -0.1) is 5.10 Å². The lowest BCUT2D eigenvalue weighted by Gasteiger charge is -2.38. The Kier molecular flexibility index (Phi) is 5.50. The molecule has 0 aliphatic carbocycles. The van der Waals surface area contributed by atoms with E-state index in [1.807, 2.05) is 21.7 Å². The Bertz CT molecular complexity index is 681. The van der Waals surface area contributed by atoms with Gasteiger partial charge in [0.2, 0.25) is 5.91 Å². The number of rotatable bonds is 7. The molecule has 0 spiro atoms. The molecular weight excluding hydrogens is 318 g/mol. The number of aromatic nitrogens is 4. The summed E-state index contributed by atoms with van der Waals surface area (Å²) >= 11 is 0. The molecule has 0 saturated carbocycles. The van der Waals surface area contributed by atoms with E-state index in [0.717, 1.165) is 56.7 Å². The molecule has 1 atom stereocenters. The summed E-state index contributed by atoms with van der Waals surface area (Å²) < 4.78 is 7.37. The van der Waals surface area contributed by atoms with Crippen LogP contribution < -0.4 is 0 Å². The van der Waals surface area contributed by atoms with Crippen LogP contribution in [-0.4, -0.2) is 31.0 Å². The van der Waals surface area contributed by atoms with Crippen molar-refractivity contribution in [3.05, 3.63) is 30.0 Å². The molecule has 0 N–H and O–H groups in total. The molecule has 0 aromatic carbocycles. The number of aryl methyl sites for hydroxylation is 1. The molecule has 0 bridgehead atoms. The lowest BCUT2D eigenvalue weighted by molar-refractivity contribution is -0.138. The van der Waals surface area contributed by atoms with Crippen LogP contribution in [0.4, 0.5) is 0 Å². The first kappa shape index (κ1) is 17.6. The monoisotopic (exact) mass is 345 g/mol. The molecule has 2 aromatic rings. The van der Waals surface area contributed by atoms with Crippen molar-refractivity contribution in [2.24, 2.45) is 0 Å². The van der Waals surface area contributed by atoms with Crippen LogP contribution in [0.2, 0.25) is 0 Å². The number of carbonyl (C=O) groups is 1. The molecule has 7 nitrogen and oxygen atoms in total. The van der Waals surface area contributed by atoms with Crippen molar-refractivity contribution in [1.82, 2.24) is 25.1 Å². The first-order valence-corrected chi connectivity index (χ1v) is 9.24. The van der Waals surface area contributed by atoms with E-state index in [0.29, 0.717) is 13.0 Å². The first-order chi connectivity index (χ1) is 12.1. The summed E-state index contributed by atoms with van der Waals surface area (Å²) in [5, 5.41) is 12.4. The van der Waals surface area contributed by atoms with Crippen molar-refractivity contribution in [3.63, 3.8) is 0 Å². The van der Waals surface area contributed by atoms with E-state index in [-0.39, 0.29) is 5.91 Å². The molecule has 1 aliphatic heterocycles. The Balaban J connectivity index is 1.91. The molecule has 3 heterocycles. The molecule has 1 fully saturated rings. The third-order valence-electron chi connectivity index (χ3n) is 5.08. The number of unbranched alkanes of at least 4 members (excludes halogenated alkanes) is 2. The highest BCUT2D eigenvalue weighted by molar-refractivity contribution is 5.77. The van der Waals surface area contributed by atoms with E-state index in [1.165, 1.54) is 0 Å². The minimum atomic E-state index is -0.518. The highest BCUT2D eigenvalue weighted by atomic mass is 16.3. The van der Waals surface area contributed by atoms with Gasteiger partial charge >= 0.3 is 0 Å². The van der Waals surface area contributed by atoms with Crippen LogP contribution in [0.15, 0.2) is 22.8 Å². The lowest BCUT2D eigenvalue weighted by Crippen LogP contribution is -2.47. The van der Waals surface area contributed by atoms with Gasteiger partial charge in [0.1, 0.15) is 11.3 Å². The maximum atomic E-state index is 12.8. The quantitative estimate of drug-likeness (QED) is 0.720. The van der Waals surface area contributed by atoms with E-state index < -0.39 is 5.54 Å². The largest absolute Gasteiger partial charge is 0.467 e. The van der Waals surface area contributed by atoms with Crippen molar-refractivity contribution in [2.45, 2.75) is 77.4 Å². The molecule has 1 amide bonds. The molecule has 7 heteroatoms. The molecule has 1 saturated heterocycles. The van der Waals surface area contributed by atoms with Gasteiger partial charge in [0.15, 0.2) is 5.82 Å². The zero-order valence-electron chi connectivity index (χ0n) is 15.1. The third-order valence-corrected chi connectivity index (χ3v) is 5.08. The Morgan fingerprint density at radius 1 is 1.32 bits per heavy atom. The van der Waals surface area contributed by atoms with Crippen LogP contribution >= 0.6 is 0 Å². The minimum absolute atomic E-state index is 0.138. The number of hydrogen-bond acceptors (Lipinski definition) is 5. The number of nitrogens with zero attached hydrogens (tertiary/aromatic N) is 5. The average Bonchev–Trinajstić information content (AvgIpc) is 3.25. The van der Waals surface area contributed by atoms with Gasteiger partial charge in [0, 0.05) is 13.0 Å². The zero-order valence-corrected chi connectivity index (χ0v) is 15.1. The topological polar surface area (TPSA) is 77.1 Å². The van der Waals surface area contributed by atoms with Gasteiger partial charge in [-0.1, -0.05) is 26.2 Å². The first-order valence-electron chi connectivity index (χ1n) is 9.24. The van der Waals surface area contributed by atoms with Crippen LogP contribution in [0.1, 0.15) is 70.4 Å². The van der Waals surface area contributed by atoms with Crippen molar-refractivity contribution >= 4 is 5.91 Å². The normalized spacial score (nSPS) is 21.5. The number of amides is 1. The fourth-order valence-corrected chi connectivity index (χ4v) is 3.60. The van der Waals surface area contributed by atoms with Gasteiger partial charge < -0.3 is 9.32 Å². The fraction of sp³-hybridized carbons (Fsp3) is 0.667. The smallest absolute Gasteiger partial charge is 0.223 e. The SMILES string of the molecule is CCCCCn1nnnc1C1(C)CCCCC(=O)N1Cc1ccco1. The predicted octanol–water partition coefficient (Wildman–Crippen LogP) is 3.27. The van der Waals surface area contributed by atoms with Crippen LogP contribution in [0.25, 0.3) is 0 Å². The number of hydrogen-bond donors (Lipinski definition) is 0. The number of furan rings is 1. The van der Waals surface area contributed by atoms with Gasteiger partial charge in [-0.2, -0.15) is 0 Å². The Morgan fingerprint density at radius 3 is 2.96 bits per heavy atom. The zero-order chi connectivity index (χ0) is 17.7. The summed E-state index contributed by atoms with van der Waals surface area (Å²) in [7, 11) is 0. The van der Waals surface area contributed by atoms with E-state index in [4.69, 9.17) is 4.42 Å². The van der Waals surface area contributed by atoms with Crippen molar-refractivity contribution in [2.75, 3.05) is 0 Å². The van der Waals surface area contributed by atoms with Gasteiger partial charge in [-0.05, 0) is 48.7 Å². The second-order valence-corrected chi connectivity index (χ2v) is 6.97. The fourth-order valence-electron chi connectivity index (χ4n) is 3.60. The van der Waals surface area contributed by atoms with Crippen LogP contribution in [0.5, 0.6) is 0 Å². The second kappa shape index (κ2) is 7.80. The summed E-state index contributed by atoms with van der Waals surface area (Å²) in [6, 6.07) is 3.76. The van der Waals surface area contributed by atoms with Gasteiger partial charge in [-0.3, -0.25) is 4.79 Å². The van der Waals surface area contributed by atoms with Crippen molar-refractivity contribution in [1.29, 1.82) is 0 Å². The Morgan fingerprint density at radius 2 is 2.20 bits per heavy atom. The van der Waals surface area contributed by atoms with E-state index >= 15 is 0 Å².